The van der Waals surface area contributed by atoms with Crippen molar-refractivity contribution >= 4 is 34.0 Å². The molecular formula is C18H14N6. The van der Waals surface area contributed by atoms with Crippen LogP contribution in [0.1, 0.15) is 0 Å². The van der Waals surface area contributed by atoms with Gasteiger partial charge >= 0.3 is 0 Å². The van der Waals surface area contributed by atoms with Gasteiger partial charge in [-0.15, -0.1) is 5.10 Å². The van der Waals surface area contributed by atoms with Crippen LogP contribution in [0.4, 0.5) is 23.1 Å². The lowest BCUT2D eigenvalue weighted by molar-refractivity contribution is 0.982. The number of anilines is 4. The molecule has 2 N–H and O–H groups in total. The van der Waals surface area contributed by atoms with Gasteiger partial charge in [0, 0.05) is 17.3 Å². The van der Waals surface area contributed by atoms with Crippen molar-refractivity contribution in [3.63, 3.8) is 0 Å². The minimum Gasteiger partial charge on any atom is -0.337 e. The van der Waals surface area contributed by atoms with E-state index in [-0.39, 0.29) is 0 Å². The highest BCUT2D eigenvalue weighted by Gasteiger charge is 2.05. The molecule has 0 aliphatic carbocycles. The summed E-state index contributed by atoms with van der Waals surface area (Å²) in [6.07, 6.45) is 3.35. The maximum absolute atomic E-state index is 4.45. The van der Waals surface area contributed by atoms with E-state index in [2.05, 4.69) is 30.8 Å². The standard InChI is InChI=1S/C18H14N6/c1-2-8-14(9-3-1)21-18-23-16(12-20-24-18)22-15-10-4-6-13-7-5-11-19-17(13)15/h1-12H,(H2,21,22,23,24). The summed E-state index contributed by atoms with van der Waals surface area (Å²) in [6, 6.07) is 19.6. The van der Waals surface area contributed by atoms with Crippen molar-refractivity contribution in [2.24, 2.45) is 0 Å². The summed E-state index contributed by atoms with van der Waals surface area (Å²) in [6.45, 7) is 0. The fraction of sp³-hybridized carbons (Fsp3) is 0. The van der Waals surface area contributed by atoms with Crippen LogP contribution in [0.2, 0.25) is 0 Å². The van der Waals surface area contributed by atoms with Gasteiger partial charge in [0.2, 0.25) is 5.95 Å². The van der Waals surface area contributed by atoms with Crippen LogP contribution in [0.3, 0.4) is 0 Å². The highest BCUT2D eigenvalue weighted by molar-refractivity contribution is 5.91. The van der Waals surface area contributed by atoms with Crippen LogP contribution in [0, 0.1) is 0 Å². The van der Waals surface area contributed by atoms with Crippen molar-refractivity contribution in [2.45, 2.75) is 0 Å². The Morgan fingerprint density at radius 1 is 0.792 bits per heavy atom. The van der Waals surface area contributed by atoms with Crippen LogP contribution in [0.5, 0.6) is 0 Å². The Balaban J connectivity index is 1.62. The van der Waals surface area contributed by atoms with Crippen LogP contribution in [-0.4, -0.2) is 20.2 Å². The van der Waals surface area contributed by atoms with E-state index in [4.69, 9.17) is 0 Å². The zero-order chi connectivity index (χ0) is 16.2. The molecule has 4 rings (SSSR count). The Morgan fingerprint density at radius 2 is 1.67 bits per heavy atom. The maximum Gasteiger partial charge on any atom is 0.249 e. The third-order valence-electron chi connectivity index (χ3n) is 3.48. The minimum atomic E-state index is 0.430. The maximum atomic E-state index is 4.45. The smallest absolute Gasteiger partial charge is 0.249 e. The van der Waals surface area contributed by atoms with E-state index in [0.29, 0.717) is 11.8 Å². The molecule has 4 aromatic rings. The lowest BCUT2D eigenvalue weighted by atomic mass is 10.2. The van der Waals surface area contributed by atoms with Gasteiger partial charge in [-0.05, 0) is 24.3 Å². The Morgan fingerprint density at radius 3 is 2.58 bits per heavy atom. The number of hydrogen-bond donors (Lipinski definition) is 2. The predicted octanol–water partition coefficient (Wildman–Crippen LogP) is 3.91. The lowest BCUT2D eigenvalue weighted by Gasteiger charge is -2.09. The first-order valence-electron chi connectivity index (χ1n) is 7.51. The summed E-state index contributed by atoms with van der Waals surface area (Å²) in [7, 11) is 0. The van der Waals surface area contributed by atoms with E-state index < -0.39 is 0 Å². The van der Waals surface area contributed by atoms with Crippen LogP contribution in [0.25, 0.3) is 10.9 Å². The molecule has 2 aromatic heterocycles. The fourth-order valence-electron chi connectivity index (χ4n) is 2.41. The van der Waals surface area contributed by atoms with Crippen molar-refractivity contribution in [2.75, 3.05) is 10.6 Å². The lowest BCUT2D eigenvalue weighted by Crippen LogP contribution is -2.02. The van der Waals surface area contributed by atoms with Gasteiger partial charge in [-0.3, -0.25) is 4.98 Å². The number of pyridine rings is 1. The molecule has 6 nitrogen and oxygen atoms in total. The number of fused-ring (bicyclic) bond motifs is 1. The van der Waals surface area contributed by atoms with Crippen molar-refractivity contribution in [1.82, 2.24) is 20.2 Å². The second-order valence-electron chi connectivity index (χ2n) is 5.16. The van der Waals surface area contributed by atoms with Gasteiger partial charge in [-0.1, -0.05) is 36.4 Å². The third kappa shape index (κ3) is 2.98. The second-order valence-corrected chi connectivity index (χ2v) is 5.16. The molecular weight excluding hydrogens is 300 g/mol. The van der Waals surface area contributed by atoms with Crippen molar-refractivity contribution in [3.05, 3.63) is 73.1 Å². The number of nitrogens with one attached hydrogen (secondary N) is 2. The van der Waals surface area contributed by atoms with Crippen molar-refractivity contribution in [1.29, 1.82) is 0 Å². The van der Waals surface area contributed by atoms with E-state index in [1.807, 2.05) is 60.7 Å². The molecule has 6 heteroatoms. The Hall–Kier alpha value is -3.54. The SMILES string of the molecule is c1ccc(Nc2nncc(Nc3cccc4cccnc34)n2)cc1. The molecule has 0 saturated heterocycles. The first-order chi connectivity index (χ1) is 11.9. The highest BCUT2D eigenvalue weighted by Crippen LogP contribution is 2.23. The molecule has 0 spiro atoms. The minimum absolute atomic E-state index is 0.430. The van der Waals surface area contributed by atoms with Crippen molar-refractivity contribution < 1.29 is 0 Å². The van der Waals surface area contributed by atoms with Gasteiger partial charge < -0.3 is 10.6 Å². The topological polar surface area (TPSA) is 75.6 Å². The molecule has 0 fully saturated rings. The fourth-order valence-corrected chi connectivity index (χ4v) is 2.41. The van der Waals surface area contributed by atoms with E-state index in [1.165, 1.54) is 0 Å². The molecule has 0 aliphatic heterocycles. The Bertz CT molecular complexity index is 966. The van der Waals surface area contributed by atoms with Gasteiger partial charge in [0.1, 0.15) is 0 Å². The first-order valence-corrected chi connectivity index (χ1v) is 7.51. The zero-order valence-corrected chi connectivity index (χ0v) is 12.7. The van der Waals surface area contributed by atoms with Crippen LogP contribution < -0.4 is 10.6 Å². The van der Waals surface area contributed by atoms with E-state index in [0.717, 1.165) is 22.3 Å². The third-order valence-corrected chi connectivity index (χ3v) is 3.48. The summed E-state index contributed by atoms with van der Waals surface area (Å²) in [5, 5.41) is 15.5. The van der Waals surface area contributed by atoms with Gasteiger partial charge in [0.05, 0.1) is 17.4 Å². The highest BCUT2D eigenvalue weighted by atomic mass is 15.3. The van der Waals surface area contributed by atoms with Crippen LogP contribution >= 0.6 is 0 Å². The average molecular weight is 314 g/mol. The van der Waals surface area contributed by atoms with Gasteiger partial charge in [-0.25, -0.2) is 0 Å². The largest absolute Gasteiger partial charge is 0.337 e. The van der Waals surface area contributed by atoms with E-state index in [1.54, 1.807) is 12.4 Å². The number of benzene rings is 2. The molecule has 0 saturated carbocycles. The van der Waals surface area contributed by atoms with E-state index >= 15 is 0 Å². The van der Waals surface area contributed by atoms with Gasteiger partial charge in [0.25, 0.3) is 0 Å². The summed E-state index contributed by atoms with van der Waals surface area (Å²) < 4.78 is 0. The Kier molecular flexibility index (Phi) is 3.69. The normalized spacial score (nSPS) is 10.5. The number of nitrogens with zero attached hydrogens (tertiary/aromatic N) is 4. The van der Waals surface area contributed by atoms with Crippen LogP contribution in [0.15, 0.2) is 73.1 Å². The summed E-state index contributed by atoms with van der Waals surface area (Å²) >= 11 is 0. The predicted molar refractivity (Wildman–Crippen MR) is 94.6 cm³/mol. The molecule has 0 amide bonds. The summed E-state index contributed by atoms with van der Waals surface area (Å²) in [5.41, 5.74) is 2.67. The van der Waals surface area contributed by atoms with Gasteiger partial charge in [0.15, 0.2) is 5.82 Å². The van der Waals surface area contributed by atoms with Crippen LogP contribution in [-0.2, 0) is 0 Å². The van der Waals surface area contributed by atoms with E-state index in [9.17, 15) is 0 Å². The number of para-hydroxylation sites is 2. The molecule has 0 aliphatic rings. The summed E-state index contributed by atoms with van der Waals surface area (Å²) in [4.78, 5) is 8.87. The quantitative estimate of drug-likeness (QED) is 0.595. The molecule has 0 radical (unpaired) electrons. The second kappa shape index (κ2) is 6.29. The Labute approximate surface area is 138 Å². The number of rotatable bonds is 4. The molecule has 2 heterocycles. The molecule has 0 unspecified atom stereocenters. The summed E-state index contributed by atoms with van der Waals surface area (Å²) in [5.74, 6) is 1.03. The molecule has 0 bridgehead atoms. The molecule has 116 valence electrons. The molecule has 2 aromatic carbocycles. The molecule has 0 atom stereocenters. The van der Waals surface area contributed by atoms with Crippen molar-refractivity contribution in [3.8, 4) is 0 Å². The average Bonchev–Trinajstić information content (AvgIpc) is 2.63. The number of aromatic nitrogens is 4. The molecule has 24 heavy (non-hydrogen) atoms. The first kappa shape index (κ1) is 14.1. The zero-order valence-electron chi connectivity index (χ0n) is 12.7. The van der Waals surface area contributed by atoms with Gasteiger partial charge in [-0.2, -0.15) is 10.1 Å². The monoisotopic (exact) mass is 314 g/mol. The number of hydrogen-bond acceptors (Lipinski definition) is 6.